The van der Waals surface area contributed by atoms with Crippen LogP contribution >= 0.6 is 15.9 Å². The number of hydrogen-bond acceptors (Lipinski definition) is 2. The van der Waals surface area contributed by atoms with Crippen molar-refractivity contribution in [1.82, 2.24) is 0 Å². The number of nitrogens with two attached hydrogens (primary N) is 1. The van der Waals surface area contributed by atoms with Gasteiger partial charge in [-0.3, -0.25) is 0 Å². The Hall–Kier alpha value is -1.32. The summed E-state index contributed by atoms with van der Waals surface area (Å²) in [6.45, 7) is 2.00. The van der Waals surface area contributed by atoms with Crippen molar-refractivity contribution in [2.45, 2.75) is 13.0 Å². The normalized spacial score (nSPS) is 12.4. The van der Waals surface area contributed by atoms with E-state index in [0.29, 0.717) is 5.69 Å². The first-order valence-electron chi connectivity index (χ1n) is 5.37. The molecule has 3 N–H and O–H groups in total. The number of rotatable bonds is 2. The number of halogens is 1. The predicted octanol–water partition coefficient (Wildman–Crippen LogP) is 3.42. The molecule has 1 unspecified atom stereocenters. The maximum absolute atomic E-state index is 10.3. The molecule has 1 atom stereocenters. The number of aryl methyl sites for hydroxylation is 1. The molecule has 0 aliphatic rings. The molecule has 0 bridgehead atoms. The SMILES string of the molecule is Cc1cccc(C(O)c2ccc(Br)cc2N)c1. The molecule has 0 spiro atoms. The van der Waals surface area contributed by atoms with Crippen LogP contribution < -0.4 is 5.73 Å². The van der Waals surface area contributed by atoms with Crippen molar-refractivity contribution in [2.75, 3.05) is 5.73 Å². The third-order valence-electron chi connectivity index (χ3n) is 2.70. The fourth-order valence-corrected chi connectivity index (χ4v) is 2.19. The van der Waals surface area contributed by atoms with Gasteiger partial charge in [-0.1, -0.05) is 51.8 Å². The van der Waals surface area contributed by atoms with Gasteiger partial charge < -0.3 is 10.8 Å². The molecule has 2 nitrogen and oxygen atoms in total. The molecule has 17 heavy (non-hydrogen) atoms. The lowest BCUT2D eigenvalue weighted by molar-refractivity contribution is 0.221. The van der Waals surface area contributed by atoms with Crippen LogP contribution in [0.3, 0.4) is 0 Å². The molecule has 0 fully saturated rings. The van der Waals surface area contributed by atoms with Gasteiger partial charge in [-0.05, 0) is 24.6 Å². The van der Waals surface area contributed by atoms with E-state index in [1.807, 2.05) is 43.3 Å². The molecule has 0 saturated carbocycles. The first-order chi connectivity index (χ1) is 8.08. The Morgan fingerprint density at radius 3 is 2.59 bits per heavy atom. The van der Waals surface area contributed by atoms with Crippen LogP contribution in [0.15, 0.2) is 46.9 Å². The van der Waals surface area contributed by atoms with Gasteiger partial charge in [-0.25, -0.2) is 0 Å². The van der Waals surface area contributed by atoms with Gasteiger partial charge in [-0.2, -0.15) is 0 Å². The predicted molar refractivity (Wildman–Crippen MR) is 73.8 cm³/mol. The highest BCUT2D eigenvalue weighted by molar-refractivity contribution is 9.10. The van der Waals surface area contributed by atoms with Crippen LogP contribution in [0.4, 0.5) is 5.69 Å². The molecule has 0 amide bonds. The van der Waals surface area contributed by atoms with Crippen molar-refractivity contribution in [3.05, 3.63) is 63.6 Å². The minimum Gasteiger partial charge on any atom is -0.398 e. The standard InChI is InChI=1S/C14H14BrNO/c1-9-3-2-4-10(7-9)14(17)12-6-5-11(15)8-13(12)16/h2-8,14,17H,16H2,1H3. The van der Waals surface area contributed by atoms with Crippen LogP contribution in [-0.2, 0) is 0 Å². The Morgan fingerprint density at radius 1 is 1.18 bits per heavy atom. The lowest BCUT2D eigenvalue weighted by Gasteiger charge is -2.14. The van der Waals surface area contributed by atoms with Crippen molar-refractivity contribution in [1.29, 1.82) is 0 Å². The van der Waals surface area contributed by atoms with Crippen LogP contribution in [0, 0.1) is 6.92 Å². The summed E-state index contributed by atoms with van der Waals surface area (Å²) < 4.78 is 0.912. The highest BCUT2D eigenvalue weighted by Gasteiger charge is 2.13. The number of aliphatic hydroxyl groups is 1. The van der Waals surface area contributed by atoms with Gasteiger partial charge in [0.25, 0.3) is 0 Å². The maximum atomic E-state index is 10.3. The lowest BCUT2D eigenvalue weighted by atomic mass is 9.99. The van der Waals surface area contributed by atoms with Crippen molar-refractivity contribution >= 4 is 21.6 Å². The van der Waals surface area contributed by atoms with E-state index in [0.717, 1.165) is 21.2 Å². The summed E-state index contributed by atoms with van der Waals surface area (Å²) in [4.78, 5) is 0. The van der Waals surface area contributed by atoms with E-state index < -0.39 is 6.10 Å². The highest BCUT2D eigenvalue weighted by Crippen LogP contribution is 2.29. The van der Waals surface area contributed by atoms with Gasteiger partial charge in [0, 0.05) is 15.7 Å². The van der Waals surface area contributed by atoms with Crippen LogP contribution in [0.25, 0.3) is 0 Å². The summed E-state index contributed by atoms with van der Waals surface area (Å²) in [6, 6.07) is 13.3. The van der Waals surface area contributed by atoms with Crippen LogP contribution in [-0.4, -0.2) is 5.11 Å². The smallest absolute Gasteiger partial charge is 0.106 e. The summed E-state index contributed by atoms with van der Waals surface area (Å²) in [6.07, 6.45) is -0.678. The van der Waals surface area contributed by atoms with Crippen LogP contribution in [0.2, 0.25) is 0 Å². The number of hydrogen-bond donors (Lipinski definition) is 2. The van der Waals surface area contributed by atoms with Crippen LogP contribution in [0.5, 0.6) is 0 Å². The summed E-state index contributed by atoms with van der Waals surface area (Å²) in [5.41, 5.74) is 9.22. The molecule has 0 heterocycles. The second-order valence-electron chi connectivity index (χ2n) is 4.09. The van der Waals surface area contributed by atoms with E-state index in [1.54, 1.807) is 6.07 Å². The molecule has 0 saturated heterocycles. The lowest BCUT2D eigenvalue weighted by Crippen LogP contribution is -2.03. The molecule has 0 radical (unpaired) electrons. The number of benzene rings is 2. The zero-order valence-electron chi connectivity index (χ0n) is 9.52. The van der Waals surface area contributed by atoms with Gasteiger partial charge >= 0.3 is 0 Å². The second kappa shape index (κ2) is 4.90. The zero-order valence-corrected chi connectivity index (χ0v) is 11.1. The Kier molecular flexibility index (Phi) is 3.50. The largest absolute Gasteiger partial charge is 0.398 e. The Bertz CT molecular complexity index is 539. The summed E-state index contributed by atoms with van der Waals surface area (Å²) in [5.74, 6) is 0. The van der Waals surface area contributed by atoms with E-state index >= 15 is 0 Å². The van der Waals surface area contributed by atoms with E-state index in [4.69, 9.17) is 5.73 Å². The van der Waals surface area contributed by atoms with Crippen molar-refractivity contribution in [2.24, 2.45) is 0 Å². The van der Waals surface area contributed by atoms with E-state index in [9.17, 15) is 5.11 Å². The average molecular weight is 292 g/mol. The molecule has 2 rings (SSSR count). The fraction of sp³-hybridized carbons (Fsp3) is 0.143. The first kappa shape index (κ1) is 12.1. The summed E-state index contributed by atoms with van der Waals surface area (Å²) in [7, 11) is 0. The second-order valence-corrected chi connectivity index (χ2v) is 5.01. The Labute approximate surface area is 109 Å². The Morgan fingerprint density at radius 2 is 1.94 bits per heavy atom. The van der Waals surface area contributed by atoms with Gasteiger partial charge in [0.15, 0.2) is 0 Å². The minimum absolute atomic E-state index is 0.591. The third-order valence-corrected chi connectivity index (χ3v) is 3.19. The van der Waals surface area contributed by atoms with Gasteiger partial charge in [0.1, 0.15) is 6.10 Å². The summed E-state index contributed by atoms with van der Waals surface area (Å²) >= 11 is 3.35. The maximum Gasteiger partial charge on any atom is 0.106 e. The molecule has 0 aliphatic heterocycles. The number of anilines is 1. The molecule has 3 heteroatoms. The molecule has 0 aromatic heterocycles. The zero-order chi connectivity index (χ0) is 12.4. The van der Waals surface area contributed by atoms with Crippen molar-refractivity contribution in [3.63, 3.8) is 0 Å². The van der Waals surface area contributed by atoms with Crippen molar-refractivity contribution < 1.29 is 5.11 Å². The topological polar surface area (TPSA) is 46.2 Å². The molecular formula is C14H14BrNO. The van der Waals surface area contributed by atoms with Gasteiger partial charge in [0.05, 0.1) is 0 Å². The average Bonchev–Trinajstić information content (AvgIpc) is 2.28. The molecule has 88 valence electrons. The third kappa shape index (κ3) is 2.68. The molecule has 2 aromatic carbocycles. The van der Waals surface area contributed by atoms with E-state index in [2.05, 4.69) is 15.9 Å². The Balaban J connectivity index is 2.40. The monoisotopic (exact) mass is 291 g/mol. The number of nitrogen functional groups attached to an aromatic ring is 1. The van der Waals surface area contributed by atoms with Gasteiger partial charge in [-0.15, -0.1) is 0 Å². The summed E-state index contributed by atoms with van der Waals surface area (Å²) in [5, 5.41) is 10.3. The number of aliphatic hydroxyl groups excluding tert-OH is 1. The van der Waals surface area contributed by atoms with E-state index in [-0.39, 0.29) is 0 Å². The molecular weight excluding hydrogens is 278 g/mol. The highest BCUT2D eigenvalue weighted by atomic mass is 79.9. The molecule has 2 aromatic rings. The van der Waals surface area contributed by atoms with Gasteiger partial charge in [0.2, 0.25) is 0 Å². The molecule has 0 aliphatic carbocycles. The van der Waals surface area contributed by atoms with Crippen molar-refractivity contribution in [3.8, 4) is 0 Å². The van der Waals surface area contributed by atoms with E-state index in [1.165, 1.54) is 0 Å². The minimum atomic E-state index is -0.678. The van der Waals surface area contributed by atoms with Crippen LogP contribution in [0.1, 0.15) is 22.8 Å². The fourth-order valence-electron chi connectivity index (χ4n) is 1.81. The quantitative estimate of drug-likeness (QED) is 0.833. The first-order valence-corrected chi connectivity index (χ1v) is 6.17.